The van der Waals surface area contributed by atoms with Crippen molar-refractivity contribution in [2.75, 3.05) is 41.7 Å². The first-order chi connectivity index (χ1) is 15.0. The number of phenols is 1. The molecular formula is C22H24O9. The highest BCUT2D eigenvalue weighted by Gasteiger charge is 2.21. The molecule has 0 aliphatic carbocycles. The van der Waals surface area contributed by atoms with Crippen LogP contribution in [-0.4, -0.2) is 46.8 Å². The summed E-state index contributed by atoms with van der Waals surface area (Å²) in [6.07, 6.45) is 0. The monoisotopic (exact) mass is 432 g/mol. The van der Waals surface area contributed by atoms with Gasteiger partial charge in [0.05, 0.1) is 0 Å². The molecule has 0 spiro atoms. The summed E-state index contributed by atoms with van der Waals surface area (Å²) in [4.78, 5) is 13.1. The van der Waals surface area contributed by atoms with Gasteiger partial charge in [-0.05, 0) is 42.8 Å². The number of benzene rings is 2. The molecule has 2 aromatic carbocycles. The maximum atomic E-state index is 13.1. The number of methoxy groups -OCH3 is 3. The van der Waals surface area contributed by atoms with Gasteiger partial charge in [0.1, 0.15) is 16.7 Å². The van der Waals surface area contributed by atoms with E-state index in [1.54, 1.807) is 31.2 Å². The number of hydrogen-bond acceptors (Lipinski definition) is 9. The predicted molar refractivity (Wildman–Crippen MR) is 112 cm³/mol. The molecule has 0 saturated heterocycles. The smallest absolute Gasteiger partial charge is 0.239 e. The second-order valence-electron chi connectivity index (χ2n) is 6.56. The molecule has 31 heavy (non-hydrogen) atoms. The van der Waals surface area contributed by atoms with Crippen molar-refractivity contribution >= 4 is 11.0 Å². The van der Waals surface area contributed by atoms with Crippen LogP contribution in [-0.2, 0) is 14.2 Å². The van der Waals surface area contributed by atoms with Gasteiger partial charge in [0.2, 0.25) is 11.2 Å². The second-order valence-corrected chi connectivity index (χ2v) is 6.56. The van der Waals surface area contributed by atoms with Crippen molar-refractivity contribution in [3.63, 3.8) is 0 Å². The van der Waals surface area contributed by atoms with Crippen LogP contribution in [0, 0.1) is 6.92 Å². The maximum Gasteiger partial charge on any atom is 0.239 e. The van der Waals surface area contributed by atoms with Gasteiger partial charge in [-0.1, -0.05) is 0 Å². The number of ether oxygens (including phenoxy) is 6. The Balaban J connectivity index is 2.21. The Labute approximate surface area is 178 Å². The van der Waals surface area contributed by atoms with Gasteiger partial charge in [0, 0.05) is 26.9 Å². The summed E-state index contributed by atoms with van der Waals surface area (Å²) in [6.45, 7) is 1.60. The zero-order valence-corrected chi connectivity index (χ0v) is 17.7. The zero-order chi connectivity index (χ0) is 22.4. The minimum Gasteiger partial charge on any atom is -0.507 e. The Kier molecular flexibility index (Phi) is 7.35. The third-order valence-electron chi connectivity index (χ3n) is 4.27. The molecule has 0 saturated carbocycles. The molecule has 1 N–H and O–H groups in total. The largest absolute Gasteiger partial charge is 0.507 e. The number of aromatic hydroxyl groups is 1. The standard InChI is InChI=1S/C22H24O9/c1-13-7-15(23)19-18(8-13)31-21(22(20(19)24)30-12-27-4)14-5-6-16(28-10-25-2)17(9-14)29-11-26-3/h5-9,23H,10-12H2,1-4H3. The maximum absolute atomic E-state index is 13.1. The van der Waals surface area contributed by atoms with Crippen LogP contribution in [0.15, 0.2) is 39.5 Å². The van der Waals surface area contributed by atoms with Gasteiger partial charge < -0.3 is 37.9 Å². The van der Waals surface area contributed by atoms with Crippen molar-refractivity contribution in [3.8, 4) is 34.3 Å². The minimum atomic E-state index is -0.523. The van der Waals surface area contributed by atoms with E-state index in [0.29, 0.717) is 17.1 Å². The molecule has 0 fully saturated rings. The summed E-state index contributed by atoms with van der Waals surface area (Å²) in [5.74, 6) is 0.629. The van der Waals surface area contributed by atoms with Crippen LogP contribution in [0.1, 0.15) is 5.56 Å². The highest BCUT2D eigenvalue weighted by molar-refractivity contribution is 5.87. The van der Waals surface area contributed by atoms with Crippen molar-refractivity contribution in [2.45, 2.75) is 6.92 Å². The lowest BCUT2D eigenvalue weighted by molar-refractivity contribution is 0.0323. The van der Waals surface area contributed by atoms with Crippen LogP contribution >= 0.6 is 0 Å². The Morgan fingerprint density at radius 2 is 1.52 bits per heavy atom. The molecule has 0 radical (unpaired) electrons. The summed E-state index contributed by atoms with van der Waals surface area (Å²) in [5.41, 5.74) is 0.922. The van der Waals surface area contributed by atoms with E-state index < -0.39 is 5.43 Å². The molecule has 0 atom stereocenters. The Morgan fingerprint density at radius 1 is 0.871 bits per heavy atom. The van der Waals surface area contributed by atoms with E-state index in [0.717, 1.165) is 5.56 Å². The van der Waals surface area contributed by atoms with Gasteiger partial charge in [-0.3, -0.25) is 4.79 Å². The number of rotatable bonds is 10. The lowest BCUT2D eigenvalue weighted by Gasteiger charge is -2.15. The predicted octanol–water partition coefficient (Wildman–Crippen LogP) is 3.42. The Bertz CT molecular complexity index is 1100. The molecule has 166 valence electrons. The average Bonchev–Trinajstić information content (AvgIpc) is 2.75. The van der Waals surface area contributed by atoms with E-state index in [1.165, 1.54) is 27.4 Å². The third-order valence-corrected chi connectivity index (χ3v) is 4.27. The first kappa shape index (κ1) is 22.4. The SMILES string of the molecule is COCOc1ccc(-c2oc3cc(C)cc(O)c3c(=O)c2OCOC)cc1OCOC. The summed E-state index contributed by atoms with van der Waals surface area (Å²) in [6, 6.07) is 8.11. The minimum absolute atomic E-state index is 0.0193. The van der Waals surface area contributed by atoms with Gasteiger partial charge in [-0.25, -0.2) is 0 Å². The summed E-state index contributed by atoms with van der Waals surface area (Å²) >= 11 is 0. The fourth-order valence-electron chi connectivity index (χ4n) is 2.98. The van der Waals surface area contributed by atoms with Crippen molar-refractivity contribution in [1.82, 2.24) is 0 Å². The van der Waals surface area contributed by atoms with Crippen molar-refractivity contribution in [3.05, 3.63) is 46.1 Å². The number of fused-ring (bicyclic) bond motifs is 1. The van der Waals surface area contributed by atoms with Crippen LogP contribution in [0.5, 0.6) is 23.0 Å². The quantitative estimate of drug-likeness (QED) is 0.482. The van der Waals surface area contributed by atoms with E-state index in [-0.39, 0.29) is 48.6 Å². The van der Waals surface area contributed by atoms with Crippen LogP contribution in [0.25, 0.3) is 22.3 Å². The van der Waals surface area contributed by atoms with Gasteiger partial charge in [0.15, 0.2) is 37.6 Å². The van der Waals surface area contributed by atoms with E-state index in [1.807, 2.05) is 0 Å². The van der Waals surface area contributed by atoms with Crippen molar-refractivity contribution in [1.29, 1.82) is 0 Å². The molecule has 9 nitrogen and oxygen atoms in total. The van der Waals surface area contributed by atoms with E-state index >= 15 is 0 Å². The summed E-state index contributed by atoms with van der Waals surface area (Å²) < 4.78 is 37.5. The zero-order valence-electron chi connectivity index (χ0n) is 17.7. The summed E-state index contributed by atoms with van der Waals surface area (Å²) in [5, 5.41) is 10.3. The van der Waals surface area contributed by atoms with Crippen LogP contribution in [0.3, 0.4) is 0 Å². The van der Waals surface area contributed by atoms with Crippen molar-refractivity contribution < 1.29 is 37.9 Å². The fourth-order valence-corrected chi connectivity index (χ4v) is 2.98. The fraction of sp³-hybridized carbons (Fsp3) is 0.318. The molecule has 0 amide bonds. The van der Waals surface area contributed by atoms with Gasteiger partial charge >= 0.3 is 0 Å². The molecule has 3 rings (SSSR count). The number of phenolic OH excluding ortho intramolecular Hbond substituents is 1. The molecule has 0 bridgehead atoms. The molecule has 1 heterocycles. The third kappa shape index (κ3) is 4.91. The van der Waals surface area contributed by atoms with E-state index in [9.17, 15) is 9.90 Å². The molecular weight excluding hydrogens is 408 g/mol. The lowest BCUT2D eigenvalue weighted by atomic mass is 10.1. The topological polar surface area (TPSA) is 106 Å². The number of hydrogen-bond donors (Lipinski definition) is 1. The highest BCUT2D eigenvalue weighted by atomic mass is 16.7. The Morgan fingerprint density at radius 3 is 2.19 bits per heavy atom. The van der Waals surface area contributed by atoms with E-state index in [4.69, 9.17) is 32.8 Å². The van der Waals surface area contributed by atoms with Crippen LogP contribution in [0.4, 0.5) is 0 Å². The normalized spacial score (nSPS) is 11.0. The van der Waals surface area contributed by atoms with Crippen LogP contribution in [0.2, 0.25) is 0 Å². The second kappa shape index (κ2) is 10.2. The molecule has 9 heteroatoms. The molecule has 3 aromatic rings. The summed E-state index contributed by atoms with van der Waals surface area (Å²) in [7, 11) is 4.43. The Hall–Kier alpha value is -3.27. The van der Waals surface area contributed by atoms with Gasteiger partial charge in [-0.2, -0.15) is 0 Å². The first-order valence-corrected chi connectivity index (χ1v) is 9.30. The average molecular weight is 432 g/mol. The number of aryl methyl sites for hydroxylation is 1. The first-order valence-electron chi connectivity index (χ1n) is 9.30. The van der Waals surface area contributed by atoms with Crippen LogP contribution < -0.4 is 19.6 Å². The van der Waals surface area contributed by atoms with Gasteiger partial charge in [0.25, 0.3) is 0 Å². The molecule has 0 aliphatic rings. The van der Waals surface area contributed by atoms with Gasteiger partial charge in [-0.15, -0.1) is 0 Å². The molecule has 0 aliphatic heterocycles. The lowest BCUT2D eigenvalue weighted by Crippen LogP contribution is -2.12. The molecule has 0 unspecified atom stereocenters. The van der Waals surface area contributed by atoms with Crippen molar-refractivity contribution in [2.24, 2.45) is 0 Å². The highest BCUT2D eigenvalue weighted by Crippen LogP contribution is 2.38. The van der Waals surface area contributed by atoms with E-state index in [2.05, 4.69) is 0 Å². The molecule has 1 aromatic heterocycles.